The summed E-state index contributed by atoms with van der Waals surface area (Å²) in [5.41, 5.74) is -3.24. The minimum Gasteiger partial charge on any atom is -0.291 e. The van der Waals surface area contributed by atoms with Gasteiger partial charge in [-0.15, -0.1) is 0 Å². The predicted molar refractivity (Wildman–Crippen MR) is 45.8 cm³/mol. The molecular weight excluding hydrogens is 250 g/mol. The van der Waals surface area contributed by atoms with E-state index in [1.807, 2.05) is 0 Å². The standard InChI is InChI=1S/C10H5F6O/c11-9(12,13)7-3-6(1-2-17)4-8(5-7)10(14,15)16/h3-5H,1H2. The molecule has 93 valence electrons. The van der Waals surface area contributed by atoms with Crippen LogP contribution in [0, 0.1) is 0 Å². The lowest BCUT2D eigenvalue weighted by Crippen LogP contribution is -2.11. The third-order valence-corrected chi connectivity index (χ3v) is 1.92. The molecule has 0 fully saturated rings. The maximum Gasteiger partial charge on any atom is 0.416 e. The van der Waals surface area contributed by atoms with Crippen LogP contribution in [-0.2, 0) is 23.6 Å². The zero-order chi connectivity index (χ0) is 13.3. The quantitative estimate of drug-likeness (QED) is 0.740. The molecule has 0 saturated heterocycles. The number of hydrogen-bond acceptors (Lipinski definition) is 1. The second-order valence-corrected chi connectivity index (χ2v) is 3.24. The van der Waals surface area contributed by atoms with E-state index in [0.29, 0.717) is 12.1 Å². The van der Waals surface area contributed by atoms with E-state index in [0.717, 1.165) is 0 Å². The molecule has 0 spiro atoms. The molecule has 0 aliphatic rings. The van der Waals surface area contributed by atoms with E-state index in [4.69, 9.17) is 0 Å². The van der Waals surface area contributed by atoms with Crippen molar-refractivity contribution in [2.75, 3.05) is 0 Å². The maximum atomic E-state index is 12.3. The lowest BCUT2D eigenvalue weighted by Gasteiger charge is -2.13. The fraction of sp³-hybridized carbons (Fsp3) is 0.300. The Balaban J connectivity index is 3.34. The Labute approximate surface area is 92.0 Å². The molecule has 0 atom stereocenters. The van der Waals surface area contributed by atoms with Crippen LogP contribution in [0.5, 0.6) is 0 Å². The smallest absolute Gasteiger partial charge is 0.291 e. The SMILES string of the molecule is O=[C]Cc1cc(C(F)(F)F)cc(C(F)(F)F)c1. The number of halogens is 6. The van der Waals surface area contributed by atoms with E-state index in [-0.39, 0.29) is 11.6 Å². The molecular formula is C10H5F6O. The molecule has 0 heterocycles. The summed E-state index contributed by atoms with van der Waals surface area (Å²) >= 11 is 0. The van der Waals surface area contributed by atoms with Crippen molar-refractivity contribution in [1.82, 2.24) is 0 Å². The minimum absolute atomic E-state index is 0.00824. The average Bonchev–Trinajstić information content (AvgIpc) is 2.15. The second kappa shape index (κ2) is 4.38. The van der Waals surface area contributed by atoms with E-state index < -0.39 is 29.9 Å². The third-order valence-electron chi connectivity index (χ3n) is 1.92. The predicted octanol–water partition coefficient (Wildman–Crippen LogP) is 3.38. The molecule has 1 nitrogen and oxygen atoms in total. The van der Waals surface area contributed by atoms with Crippen LogP contribution in [0.4, 0.5) is 26.3 Å². The highest BCUT2D eigenvalue weighted by Crippen LogP contribution is 2.36. The van der Waals surface area contributed by atoms with Crippen LogP contribution in [0.25, 0.3) is 0 Å². The van der Waals surface area contributed by atoms with Gasteiger partial charge in [0.25, 0.3) is 0 Å². The van der Waals surface area contributed by atoms with Crippen molar-refractivity contribution < 1.29 is 31.1 Å². The number of rotatable bonds is 2. The van der Waals surface area contributed by atoms with Gasteiger partial charge in [0, 0.05) is 6.42 Å². The molecule has 1 aromatic rings. The Bertz CT molecular complexity index is 386. The van der Waals surface area contributed by atoms with E-state index in [1.165, 1.54) is 6.29 Å². The average molecular weight is 255 g/mol. The number of carbonyl (C=O) groups excluding carboxylic acids is 1. The van der Waals surface area contributed by atoms with Gasteiger partial charge in [-0.05, 0) is 23.8 Å². The Morgan fingerprint density at radius 1 is 0.882 bits per heavy atom. The first-order valence-electron chi connectivity index (χ1n) is 4.28. The Morgan fingerprint density at radius 3 is 1.59 bits per heavy atom. The van der Waals surface area contributed by atoms with Gasteiger partial charge in [0.15, 0.2) is 0 Å². The summed E-state index contributed by atoms with van der Waals surface area (Å²) < 4.78 is 73.9. The van der Waals surface area contributed by atoms with E-state index >= 15 is 0 Å². The molecule has 1 aromatic carbocycles. The highest BCUT2D eigenvalue weighted by Gasteiger charge is 2.36. The van der Waals surface area contributed by atoms with Crippen LogP contribution in [0.3, 0.4) is 0 Å². The molecule has 0 aromatic heterocycles. The van der Waals surface area contributed by atoms with Crippen LogP contribution >= 0.6 is 0 Å². The van der Waals surface area contributed by atoms with Gasteiger partial charge in [-0.1, -0.05) is 0 Å². The van der Waals surface area contributed by atoms with Crippen molar-refractivity contribution in [3.05, 3.63) is 34.9 Å². The van der Waals surface area contributed by atoms with Crippen molar-refractivity contribution in [2.24, 2.45) is 0 Å². The highest BCUT2D eigenvalue weighted by atomic mass is 19.4. The van der Waals surface area contributed by atoms with Crippen molar-refractivity contribution >= 4 is 6.29 Å². The summed E-state index contributed by atoms with van der Waals surface area (Å²) in [4.78, 5) is 10.0. The highest BCUT2D eigenvalue weighted by molar-refractivity contribution is 5.56. The molecule has 0 bridgehead atoms. The molecule has 0 amide bonds. The molecule has 0 N–H and O–H groups in total. The van der Waals surface area contributed by atoms with Crippen molar-refractivity contribution in [3.63, 3.8) is 0 Å². The van der Waals surface area contributed by atoms with Gasteiger partial charge in [-0.25, -0.2) is 0 Å². The molecule has 0 unspecified atom stereocenters. The monoisotopic (exact) mass is 255 g/mol. The summed E-state index contributed by atoms with van der Waals surface area (Å²) in [5.74, 6) is 0. The van der Waals surface area contributed by atoms with Gasteiger partial charge < -0.3 is 0 Å². The molecule has 0 aliphatic heterocycles. The number of benzene rings is 1. The Morgan fingerprint density at radius 2 is 1.29 bits per heavy atom. The first kappa shape index (κ1) is 13.5. The molecule has 0 saturated carbocycles. The first-order chi connectivity index (χ1) is 7.64. The molecule has 17 heavy (non-hydrogen) atoms. The molecule has 1 radical (unpaired) electrons. The van der Waals surface area contributed by atoms with E-state index in [9.17, 15) is 31.1 Å². The fourth-order valence-electron chi connectivity index (χ4n) is 1.20. The molecule has 0 aliphatic carbocycles. The molecule has 1 rings (SSSR count). The second-order valence-electron chi connectivity index (χ2n) is 3.24. The van der Waals surface area contributed by atoms with Crippen LogP contribution in [0.1, 0.15) is 16.7 Å². The van der Waals surface area contributed by atoms with Crippen LogP contribution in [0.2, 0.25) is 0 Å². The Kier molecular flexibility index (Phi) is 3.49. The van der Waals surface area contributed by atoms with Crippen molar-refractivity contribution in [3.8, 4) is 0 Å². The summed E-state index contributed by atoms with van der Waals surface area (Å²) in [6, 6.07) is 1.01. The molecule has 7 heteroatoms. The Hall–Kier alpha value is -1.53. The van der Waals surface area contributed by atoms with E-state index in [1.54, 1.807) is 0 Å². The summed E-state index contributed by atoms with van der Waals surface area (Å²) in [5, 5.41) is 0. The lowest BCUT2D eigenvalue weighted by atomic mass is 10.0. The van der Waals surface area contributed by atoms with Gasteiger partial charge in [0.1, 0.15) is 0 Å². The van der Waals surface area contributed by atoms with Gasteiger partial charge in [-0.3, -0.25) is 4.79 Å². The first-order valence-corrected chi connectivity index (χ1v) is 4.28. The maximum absolute atomic E-state index is 12.3. The third kappa shape index (κ3) is 3.47. The normalized spacial score (nSPS) is 12.6. The largest absolute Gasteiger partial charge is 0.416 e. The topological polar surface area (TPSA) is 17.1 Å². The van der Waals surface area contributed by atoms with Gasteiger partial charge in [0.2, 0.25) is 6.29 Å². The van der Waals surface area contributed by atoms with Crippen molar-refractivity contribution in [2.45, 2.75) is 18.8 Å². The van der Waals surface area contributed by atoms with Crippen LogP contribution in [0.15, 0.2) is 18.2 Å². The summed E-state index contributed by atoms with van der Waals surface area (Å²) in [7, 11) is 0. The zero-order valence-corrected chi connectivity index (χ0v) is 8.12. The van der Waals surface area contributed by atoms with E-state index in [2.05, 4.69) is 0 Å². The fourth-order valence-corrected chi connectivity index (χ4v) is 1.20. The number of alkyl halides is 6. The van der Waals surface area contributed by atoms with Gasteiger partial charge >= 0.3 is 12.4 Å². The zero-order valence-electron chi connectivity index (χ0n) is 8.12. The van der Waals surface area contributed by atoms with Gasteiger partial charge in [0.05, 0.1) is 11.1 Å². The van der Waals surface area contributed by atoms with Crippen molar-refractivity contribution in [1.29, 1.82) is 0 Å². The lowest BCUT2D eigenvalue weighted by molar-refractivity contribution is -0.143. The summed E-state index contributed by atoms with van der Waals surface area (Å²) in [6.07, 6.45) is -9.14. The number of hydrogen-bond donors (Lipinski definition) is 0. The van der Waals surface area contributed by atoms with Crippen LogP contribution < -0.4 is 0 Å². The van der Waals surface area contributed by atoms with Crippen LogP contribution in [-0.4, -0.2) is 6.29 Å². The minimum atomic E-state index is -4.89. The van der Waals surface area contributed by atoms with Gasteiger partial charge in [-0.2, -0.15) is 26.3 Å². The summed E-state index contributed by atoms with van der Waals surface area (Å²) in [6.45, 7) is 0.